The number of rotatable bonds is 2. The van der Waals surface area contributed by atoms with Gasteiger partial charge in [0.15, 0.2) is 0 Å². The van der Waals surface area contributed by atoms with Gasteiger partial charge >= 0.3 is 0 Å². The molecule has 2 atom stereocenters. The highest BCUT2D eigenvalue weighted by Gasteiger charge is 2.34. The van der Waals surface area contributed by atoms with Crippen LogP contribution in [0.1, 0.15) is 24.8 Å². The minimum Gasteiger partial charge on any atom is -0.337 e. The summed E-state index contributed by atoms with van der Waals surface area (Å²) >= 11 is 1.72. The zero-order valence-electron chi connectivity index (χ0n) is 11.0. The first-order valence-corrected chi connectivity index (χ1v) is 7.92. The zero-order valence-corrected chi connectivity index (χ0v) is 11.9. The van der Waals surface area contributed by atoms with E-state index in [-0.39, 0.29) is 17.2 Å². The summed E-state index contributed by atoms with van der Waals surface area (Å²) in [6.07, 6.45) is 4.25. The van der Waals surface area contributed by atoms with Crippen LogP contribution in [0, 0.1) is 0 Å². The summed E-state index contributed by atoms with van der Waals surface area (Å²) in [5.41, 5.74) is 7.13. The molecule has 0 aromatic heterocycles. The maximum absolute atomic E-state index is 12.7. The molecule has 2 N–H and O–H groups in total. The second-order valence-electron chi connectivity index (χ2n) is 5.34. The molecule has 1 saturated heterocycles. The van der Waals surface area contributed by atoms with Gasteiger partial charge in [-0.25, -0.2) is 0 Å². The summed E-state index contributed by atoms with van der Waals surface area (Å²) in [7, 11) is 0. The number of carbonyl (C=O) groups is 1. The Morgan fingerprint density at radius 3 is 3.00 bits per heavy atom. The van der Waals surface area contributed by atoms with Crippen LogP contribution in [0.25, 0.3) is 0 Å². The molecule has 1 amide bonds. The standard InChI is InChI=1S/C15H20N2OS/c16-10-12-6-3-4-8-17(12)15(18)14-9-11-5-1-2-7-13(11)19-14/h1-2,5,7,12,14H,3-4,6,8-10,16H2. The van der Waals surface area contributed by atoms with Gasteiger partial charge in [0.25, 0.3) is 0 Å². The predicted octanol–water partition coefficient (Wildman–Crippen LogP) is 2.04. The first kappa shape index (κ1) is 13.0. The van der Waals surface area contributed by atoms with Crippen molar-refractivity contribution in [1.82, 2.24) is 4.90 Å². The third-order valence-corrected chi connectivity index (χ3v) is 5.41. The fraction of sp³-hybridized carbons (Fsp3) is 0.533. The number of nitrogens with two attached hydrogens (primary N) is 1. The molecule has 3 rings (SSSR count). The molecule has 19 heavy (non-hydrogen) atoms. The normalized spacial score (nSPS) is 26.3. The molecule has 0 saturated carbocycles. The molecule has 2 aliphatic rings. The van der Waals surface area contributed by atoms with E-state index < -0.39 is 0 Å². The molecule has 102 valence electrons. The first-order chi connectivity index (χ1) is 9.29. The van der Waals surface area contributed by atoms with Crippen LogP contribution < -0.4 is 5.73 Å². The van der Waals surface area contributed by atoms with Crippen LogP contribution >= 0.6 is 11.8 Å². The molecule has 1 fully saturated rings. The summed E-state index contributed by atoms with van der Waals surface area (Å²) in [6, 6.07) is 8.60. The number of hydrogen-bond acceptors (Lipinski definition) is 3. The lowest BCUT2D eigenvalue weighted by Gasteiger charge is -2.36. The van der Waals surface area contributed by atoms with Gasteiger partial charge in [-0.3, -0.25) is 4.79 Å². The van der Waals surface area contributed by atoms with Crippen LogP contribution in [-0.4, -0.2) is 35.2 Å². The van der Waals surface area contributed by atoms with Gasteiger partial charge in [0.1, 0.15) is 0 Å². The van der Waals surface area contributed by atoms with Gasteiger partial charge in [-0.2, -0.15) is 0 Å². The number of thioether (sulfide) groups is 1. The molecule has 1 aromatic carbocycles. The Kier molecular flexibility index (Phi) is 3.80. The minimum absolute atomic E-state index is 0.0598. The van der Waals surface area contributed by atoms with Crippen LogP contribution in [0.3, 0.4) is 0 Å². The second kappa shape index (κ2) is 5.55. The fourth-order valence-corrected chi connectivity index (χ4v) is 4.31. The van der Waals surface area contributed by atoms with Crippen molar-refractivity contribution >= 4 is 17.7 Å². The molecule has 0 radical (unpaired) electrons. The van der Waals surface area contributed by atoms with Crippen LogP contribution in [0.15, 0.2) is 29.2 Å². The topological polar surface area (TPSA) is 46.3 Å². The van der Waals surface area contributed by atoms with E-state index in [0.29, 0.717) is 6.54 Å². The van der Waals surface area contributed by atoms with Crippen molar-refractivity contribution in [3.63, 3.8) is 0 Å². The Morgan fingerprint density at radius 1 is 1.37 bits per heavy atom. The fourth-order valence-electron chi connectivity index (χ4n) is 3.04. The van der Waals surface area contributed by atoms with Crippen molar-refractivity contribution in [1.29, 1.82) is 0 Å². The van der Waals surface area contributed by atoms with Crippen LogP contribution in [0.5, 0.6) is 0 Å². The number of fused-ring (bicyclic) bond motifs is 1. The van der Waals surface area contributed by atoms with Gasteiger partial charge < -0.3 is 10.6 Å². The Bertz CT molecular complexity index is 452. The summed E-state index contributed by atoms with van der Waals surface area (Å²) in [5.74, 6) is 0.288. The quantitative estimate of drug-likeness (QED) is 0.899. The lowest BCUT2D eigenvalue weighted by Crippen LogP contribution is -2.50. The molecule has 3 nitrogen and oxygen atoms in total. The summed E-state index contributed by atoms with van der Waals surface area (Å²) in [5, 5.41) is 0.0598. The van der Waals surface area contributed by atoms with Crippen LogP contribution in [-0.2, 0) is 11.2 Å². The van der Waals surface area contributed by atoms with Crippen LogP contribution in [0.4, 0.5) is 0 Å². The third kappa shape index (κ3) is 2.51. The Balaban J connectivity index is 1.72. The SMILES string of the molecule is NCC1CCCCN1C(=O)C1Cc2ccccc2S1. The number of likely N-dealkylation sites (tertiary alicyclic amines) is 1. The lowest BCUT2D eigenvalue weighted by molar-refractivity contribution is -0.133. The molecular formula is C15H20N2OS. The first-order valence-electron chi connectivity index (χ1n) is 7.04. The Labute approximate surface area is 118 Å². The summed E-state index contributed by atoms with van der Waals surface area (Å²) in [6.45, 7) is 1.48. The molecular weight excluding hydrogens is 256 g/mol. The van der Waals surface area contributed by atoms with Crippen molar-refractivity contribution < 1.29 is 4.79 Å². The molecule has 4 heteroatoms. The number of hydrogen-bond donors (Lipinski definition) is 1. The van der Waals surface area contributed by atoms with Gasteiger partial charge in [-0.05, 0) is 37.3 Å². The minimum atomic E-state index is 0.0598. The van der Waals surface area contributed by atoms with Gasteiger partial charge in [0, 0.05) is 24.0 Å². The largest absolute Gasteiger partial charge is 0.337 e. The highest BCUT2D eigenvalue weighted by Crippen LogP contribution is 2.38. The average Bonchev–Trinajstić information content (AvgIpc) is 2.90. The molecule has 0 aliphatic carbocycles. The Hall–Kier alpha value is -1.00. The molecule has 0 bridgehead atoms. The summed E-state index contributed by atoms with van der Waals surface area (Å²) < 4.78 is 0. The molecule has 1 aromatic rings. The highest BCUT2D eigenvalue weighted by molar-refractivity contribution is 8.01. The van der Waals surface area contributed by atoms with Gasteiger partial charge in [0.2, 0.25) is 5.91 Å². The van der Waals surface area contributed by atoms with E-state index >= 15 is 0 Å². The van der Waals surface area contributed by atoms with Crippen molar-refractivity contribution in [3.8, 4) is 0 Å². The smallest absolute Gasteiger partial charge is 0.236 e. The lowest BCUT2D eigenvalue weighted by atomic mass is 10.0. The number of benzene rings is 1. The third-order valence-electron chi connectivity index (χ3n) is 4.10. The van der Waals surface area contributed by atoms with E-state index in [2.05, 4.69) is 18.2 Å². The van der Waals surface area contributed by atoms with Gasteiger partial charge in [0.05, 0.1) is 5.25 Å². The maximum Gasteiger partial charge on any atom is 0.236 e. The molecule has 0 spiro atoms. The van der Waals surface area contributed by atoms with Gasteiger partial charge in [-0.1, -0.05) is 18.2 Å². The number of nitrogens with zero attached hydrogens (tertiary/aromatic N) is 1. The Morgan fingerprint density at radius 2 is 2.21 bits per heavy atom. The van der Waals surface area contributed by atoms with E-state index in [0.717, 1.165) is 25.8 Å². The number of amides is 1. The highest BCUT2D eigenvalue weighted by atomic mass is 32.2. The van der Waals surface area contributed by atoms with E-state index in [9.17, 15) is 4.79 Å². The van der Waals surface area contributed by atoms with E-state index in [1.54, 1.807) is 11.8 Å². The molecule has 2 unspecified atom stereocenters. The molecule has 2 aliphatic heterocycles. The number of piperidine rings is 1. The van der Waals surface area contributed by atoms with Gasteiger partial charge in [-0.15, -0.1) is 11.8 Å². The molecule has 2 heterocycles. The average molecular weight is 276 g/mol. The zero-order chi connectivity index (χ0) is 13.2. The van der Waals surface area contributed by atoms with E-state index in [1.807, 2.05) is 11.0 Å². The van der Waals surface area contributed by atoms with Crippen molar-refractivity contribution in [2.24, 2.45) is 5.73 Å². The van der Waals surface area contributed by atoms with Crippen molar-refractivity contribution in [3.05, 3.63) is 29.8 Å². The maximum atomic E-state index is 12.7. The van der Waals surface area contributed by atoms with E-state index in [4.69, 9.17) is 5.73 Å². The number of carbonyl (C=O) groups excluding carboxylic acids is 1. The summed E-state index contributed by atoms with van der Waals surface area (Å²) in [4.78, 5) is 16.0. The van der Waals surface area contributed by atoms with E-state index in [1.165, 1.54) is 16.9 Å². The van der Waals surface area contributed by atoms with Crippen molar-refractivity contribution in [2.45, 2.75) is 41.9 Å². The monoisotopic (exact) mass is 276 g/mol. The van der Waals surface area contributed by atoms with Crippen LogP contribution in [0.2, 0.25) is 0 Å². The van der Waals surface area contributed by atoms with Crippen molar-refractivity contribution in [2.75, 3.05) is 13.1 Å². The predicted molar refractivity (Wildman–Crippen MR) is 78.2 cm³/mol. The second-order valence-corrected chi connectivity index (χ2v) is 6.58.